The summed E-state index contributed by atoms with van der Waals surface area (Å²) in [4.78, 5) is 12.3. The van der Waals surface area contributed by atoms with Crippen LogP contribution in [0.4, 0.5) is 0 Å². The van der Waals surface area contributed by atoms with E-state index < -0.39 is 15.9 Å². The first-order chi connectivity index (χ1) is 13.1. The topological polar surface area (TPSA) is 151 Å². The van der Waals surface area contributed by atoms with Gasteiger partial charge in [0.2, 0.25) is 0 Å². The highest BCUT2D eigenvalue weighted by molar-refractivity contribution is 7.85. The fourth-order valence-corrected chi connectivity index (χ4v) is 2.76. The van der Waals surface area contributed by atoms with Gasteiger partial charge in [-0.3, -0.25) is 9.35 Å². The zero-order valence-corrected chi connectivity index (χ0v) is 15.8. The number of ketones is 1. The molecule has 9 nitrogen and oxygen atoms in total. The number of hydrogen-bond acceptors (Lipinski definition) is 8. The number of phenolic OH excluding ortho intramolecular Hbond substituents is 3. The van der Waals surface area contributed by atoms with Gasteiger partial charge in [0.05, 0.1) is 7.11 Å². The minimum absolute atomic E-state index is 0.00815. The molecule has 0 spiro atoms. The molecule has 0 heterocycles. The lowest BCUT2D eigenvalue weighted by molar-refractivity contribution is 0.0982. The average Bonchev–Trinajstić information content (AvgIpc) is 2.59. The summed E-state index contributed by atoms with van der Waals surface area (Å²) in [7, 11) is -2.80. The quantitative estimate of drug-likeness (QED) is 0.357. The summed E-state index contributed by atoms with van der Waals surface area (Å²) in [6.07, 6.45) is -0.0234. The van der Waals surface area contributed by atoms with Crippen LogP contribution < -0.4 is 9.47 Å². The summed E-state index contributed by atoms with van der Waals surface area (Å²) < 4.78 is 39.9. The lowest BCUT2D eigenvalue weighted by atomic mass is 10.0. The number of methoxy groups -OCH3 is 1. The predicted octanol–water partition coefficient (Wildman–Crippen LogP) is 1.89. The first-order valence-corrected chi connectivity index (χ1v) is 9.74. The van der Waals surface area contributed by atoms with Crippen molar-refractivity contribution in [2.24, 2.45) is 0 Å². The van der Waals surface area contributed by atoms with Crippen LogP contribution in [0.1, 0.15) is 22.3 Å². The van der Waals surface area contributed by atoms with Crippen LogP contribution in [0.3, 0.4) is 0 Å². The van der Waals surface area contributed by atoms with Crippen LogP contribution in [-0.4, -0.2) is 53.5 Å². The molecule has 0 unspecified atom stereocenters. The number of hydrogen-bond donors (Lipinski definition) is 4. The summed E-state index contributed by atoms with van der Waals surface area (Å²) in [5.41, 5.74) is 0.371. The van der Waals surface area contributed by atoms with E-state index in [0.29, 0.717) is 0 Å². The standard InChI is InChI=1S/C18H20O9S/c1-26-18-5-2-11(8-17(18)22)14(19)4-3-13-15(20)9-12(10-16(13)21)27-6-7-28(23,24)25/h2,5,8-10,20-22H,3-4,6-7H2,1H3,(H,23,24,25). The summed E-state index contributed by atoms with van der Waals surface area (Å²) in [5.74, 6) is -1.54. The molecule has 152 valence electrons. The molecule has 4 N–H and O–H groups in total. The number of carbonyl (C=O) groups is 1. The normalized spacial score (nSPS) is 11.2. The van der Waals surface area contributed by atoms with Crippen molar-refractivity contribution in [2.45, 2.75) is 12.8 Å². The Kier molecular flexibility index (Phi) is 6.71. The molecule has 2 rings (SSSR count). The van der Waals surface area contributed by atoms with Gasteiger partial charge in [-0.05, 0) is 24.6 Å². The smallest absolute Gasteiger partial charge is 0.268 e. The number of ether oxygens (including phenoxy) is 2. The summed E-state index contributed by atoms with van der Waals surface area (Å²) >= 11 is 0. The third kappa shape index (κ3) is 5.76. The van der Waals surface area contributed by atoms with E-state index in [1.54, 1.807) is 0 Å². The number of Topliss-reactive ketones (excluding diaryl/α,β-unsaturated/α-hetero) is 1. The van der Waals surface area contributed by atoms with Crippen LogP contribution >= 0.6 is 0 Å². The maximum atomic E-state index is 12.3. The van der Waals surface area contributed by atoms with Gasteiger partial charge in [-0.2, -0.15) is 8.42 Å². The highest BCUT2D eigenvalue weighted by atomic mass is 32.2. The molecule has 10 heteroatoms. The van der Waals surface area contributed by atoms with Gasteiger partial charge in [-0.25, -0.2) is 0 Å². The Balaban J connectivity index is 2.03. The van der Waals surface area contributed by atoms with Gasteiger partial charge in [0, 0.05) is 29.7 Å². The highest BCUT2D eigenvalue weighted by Crippen LogP contribution is 2.34. The first kappa shape index (κ1) is 21.3. The van der Waals surface area contributed by atoms with Gasteiger partial charge in [0.15, 0.2) is 17.3 Å². The number of carbonyl (C=O) groups excluding carboxylic acids is 1. The van der Waals surface area contributed by atoms with E-state index in [2.05, 4.69) is 0 Å². The molecule has 0 aliphatic carbocycles. The molecule has 2 aromatic rings. The molecule has 0 aliphatic heterocycles. The minimum atomic E-state index is -4.19. The molecule has 0 saturated carbocycles. The Morgan fingerprint density at radius 1 is 1.04 bits per heavy atom. The Morgan fingerprint density at radius 3 is 2.21 bits per heavy atom. The van der Waals surface area contributed by atoms with Crippen LogP contribution in [0.5, 0.6) is 28.7 Å². The van der Waals surface area contributed by atoms with E-state index in [1.165, 1.54) is 37.4 Å². The van der Waals surface area contributed by atoms with Crippen molar-refractivity contribution < 1.29 is 42.6 Å². The van der Waals surface area contributed by atoms with Crippen molar-refractivity contribution in [1.82, 2.24) is 0 Å². The molecule has 0 fully saturated rings. The molecular weight excluding hydrogens is 392 g/mol. The summed E-state index contributed by atoms with van der Waals surface area (Å²) in [6.45, 7) is -0.365. The maximum Gasteiger partial charge on any atom is 0.268 e. The fourth-order valence-electron chi connectivity index (χ4n) is 2.47. The van der Waals surface area contributed by atoms with E-state index >= 15 is 0 Å². The van der Waals surface area contributed by atoms with E-state index in [4.69, 9.17) is 14.0 Å². The van der Waals surface area contributed by atoms with Gasteiger partial charge in [-0.15, -0.1) is 0 Å². The molecule has 0 amide bonds. The second-order valence-electron chi connectivity index (χ2n) is 5.88. The van der Waals surface area contributed by atoms with Crippen molar-refractivity contribution in [2.75, 3.05) is 19.5 Å². The number of aromatic hydroxyl groups is 3. The SMILES string of the molecule is COc1ccc(C(=O)CCc2c(O)cc(OCCS(=O)(=O)O)cc2O)cc1O. The molecule has 0 aliphatic rings. The third-order valence-electron chi connectivity index (χ3n) is 3.89. The van der Waals surface area contributed by atoms with Crippen LogP contribution in [0.2, 0.25) is 0 Å². The monoisotopic (exact) mass is 412 g/mol. The summed E-state index contributed by atoms with van der Waals surface area (Å²) in [5, 5.41) is 29.8. The molecule has 0 saturated heterocycles. The number of benzene rings is 2. The van der Waals surface area contributed by atoms with Crippen LogP contribution in [0.25, 0.3) is 0 Å². The van der Waals surface area contributed by atoms with Crippen molar-refractivity contribution >= 4 is 15.9 Å². The molecule has 2 aromatic carbocycles. The van der Waals surface area contributed by atoms with Gasteiger partial charge in [0.1, 0.15) is 29.6 Å². The Hall–Kier alpha value is -2.98. The Bertz CT molecular complexity index is 944. The van der Waals surface area contributed by atoms with Crippen molar-refractivity contribution in [3.8, 4) is 28.7 Å². The number of phenols is 3. The van der Waals surface area contributed by atoms with Crippen LogP contribution in [0.15, 0.2) is 30.3 Å². The van der Waals surface area contributed by atoms with Gasteiger partial charge in [-0.1, -0.05) is 0 Å². The first-order valence-electron chi connectivity index (χ1n) is 8.13. The van der Waals surface area contributed by atoms with Gasteiger partial charge in [0.25, 0.3) is 10.1 Å². The molecule has 0 atom stereocenters. The molecular formula is C18H20O9S. The van der Waals surface area contributed by atoms with Crippen molar-refractivity contribution in [3.05, 3.63) is 41.5 Å². The van der Waals surface area contributed by atoms with E-state index in [0.717, 1.165) is 0 Å². The van der Waals surface area contributed by atoms with E-state index in [9.17, 15) is 28.5 Å². The second-order valence-corrected chi connectivity index (χ2v) is 7.46. The lowest BCUT2D eigenvalue weighted by Crippen LogP contribution is -2.12. The third-order valence-corrected chi connectivity index (χ3v) is 4.57. The maximum absolute atomic E-state index is 12.3. The lowest BCUT2D eigenvalue weighted by Gasteiger charge is -2.11. The van der Waals surface area contributed by atoms with Crippen molar-refractivity contribution in [3.63, 3.8) is 0 Å². The molecule has 0 radical (unpaired) electrons. The number of rotatable bonds is 9. The molecule has 0 aromatic heterocycles. The summed E-state index contributed by atoms with van der Waals surface area (Å²) in [6, 6.07) is 6.56. The van der Waals surface area contributed by atoms with Crippen LogP contribution in [0, 0.1) is 0 Å². The van der Waals surface area contributed by atoms with Crippen molar-refractivity contribution in [1.29, 1.82) is 0 Å². The van der Waals surface area contributed by atoms with E-state index in [-0.39, 0.29) is 65.1 Å². The second kappa shape index (κ2) is 8.81. The minimum Gasteiger partial charge on any atom is -0.507 e. The molecule has 0 bridgehead atoms. The highest BCUT2D eigenvalue weighted by Gasteiger charge is 2.15. The zero-order valence-electron chi connectivity index (χ0n) is 15.0. The van der Waals surface area contributed by atoms with Crippen LogP contribution in [-0.2, 0) is 16.5 Å². The fraction of sp³-hybridized carbons (Fsp3) is 0.278. The zero-order chi connectivity index (χ0) is 20.9. The largest absolute Gasteiger partial charge is 0.507 e. The molecule has 28 heavy (non-hydrogen) atoms. The van der Waals surface area contributed by atoms with E-state index in [1.807, 2.05) is 0 Å². The van der Waals surface area contributed by atoms with Gasteiger partial charge < -0.3 is 24.8 Å². The predicted molar refractivity (Wildman–Crippen MR) is 99.0 cm³/mol. The van der Waals surface area contributed by atoms with Gasteiger partial charge >= 0.3 is 0 Å². The average molecular weight is 412 g/mol. The Labute approximate surface area is 161 Å². The Morgan fingerprint density at radius 2 is 1.68 bits per heavy atom.